The summed E-state index contributed by atoms with van der Waals surface area (Å²) in [5.74, 6) is -1.16. The van der Waals surface area contributed by atoms with E-state index in [1.165, 1.54) is 24.0 Å². The van der Waals surface area contributed by atoms with Gasteiger partial charge in [0.25, 0.3) is 0 Å². The number of esters is 1. The standard InChI is InChI=1S/C20H17N3O4S/c1-3-26-18-13(7-6-10-22-18)20(25)27-12-16(24)14(11-21)19-23(2)15-8-4-5-9-17(15)28-19/h4-10H,3,12H2,1-2H3/b19-14-. The van der Waals surface area contributed by atoms with Gasteiger partial charge in [0.15, 0.2) is 6.61 Å². The third-order valence-electron chi connectivity index (χ3n) is 3.95. The van der Waals surface area contributed by atoms with E-state index in [0.717, 1.165) is 10.6 Å². The molecule has 0 amide bonds. The summed E-state index contributed by atoms with van der Waals surface area (Å²) in [7, 11) is 1.79. The molecule has 0 atom stereocenters. The van der Waals surface area contributed by atoms with Crippen LogP contribution < -0.4 is 9.64 Å². The van der Waals surface area contributed by atoms with Crippen molar-refractivity contribution in [2.24, 2.45) is 0 Å². The second kappa shape index (κ2) is 8.59. The predicted molar refractivity (Wildman–Crippen MR) is 104 cm³/mol. The van der Waals surface area contributed by atoms with Crippen molar-refractivity contribution >= 4 is 29.2 Å². The van der Waals surface area contributed by atoms with Crippen LogP contribution in [0.25, 0.3) is 0 Å². The zero-order valence-corrected chi connectivity index (χ0v) is 16.2. The Morgan fingerprint density at radius 3 is 2.75 bits per heavy atom. The van der Waals surface area contributed by atoms with E-state index in [1.54, 1.807) is 24.9 Å². The van der Waals surface area contributed by atoms with Gasteiger partial charge in [-0.3, -0.25) is 4.79 Å². The van der Waals surface area contributed by atoms with E-state index in [2.05, 4.69) is 4.98 Å². The molecule has 2 heterocycles. The van der Waals surface area contributed by atoms with E-state index in [-0.39, 0.29) is 17.0 Å². The fourth-order valence-corrected chi connectivity index (χ4v) is 3.79. The van der Waals surface area contributed by atoms with E-state index >= 15 is 0 Å². The molecule has 28 heavy (non-hydrogen) atoms. The Morgan fingerprint density at radius 1 is 1.25 bits per heavy atom. The number of aromatic nitrogens is 1. The maximum absolute atomic E-state index is 12.6. The fraction of sp³-hybridized carbons (Fsp3) is 0.200. The van der Waals surface area contributed by atoms with Crippen LogP contribution in [-0.4, -0.2) is 37.0 Å². The van der Waals surface area contributed by atoms with Gasteiger partial charge in [-0.15, -0.1) is 0 Å². The molecule has 0 N–H and O–H groups in total. The molecule has 1 aromatic carbocycles. The average molecular weight is 395 g/mol. The van der Waals surface area contributed by atoms with Gasteiger partial charge in [0.1, 0.15) is 22.2 Å². The molecule has 0 saturated heterocycles. The number of ether oxygens (including phenoxy) is 2. The van der Waals surface area contributed by atoms with Crippen LogP contribution in [0.5, 0.6) is 5.88 Å². The predicted octanol–water partition coefficient (Wildman–Crippen LogP) is 3.18. The number of nitrogens with zero attached hydrogens (tertiary/aromatic N) is 3. The summed E-state index contributed by atoms with van der Waals surface area (Å²) in [6.07, 6.45) is 1.50. The van der Waals surface area contributed by atoms with Gasteiger partial charge in [-0.1, -0.05) is 23.9 Å². The zero-order valence-electron chi connectivity index (χ0n) is 15.3. The minimum atomic E-state index is -0.733. The third-order valence-corrected chi connectivity index (χ3v) is 5.19. The van der Waals surface area contributed by atoms with E-state index in [1.807, 2.05) is 30.3 Å². The summed E-state index contributed by atoms with van der Waals surface area (Å²) in [6.45, 7) is 1.56. The van der Waals surface area contributed by atoms with Crippen molar-refractivity contribution < 1.29 is 19.1 Å². The smallest absolute Gasteiger partial charge is 0.344 e. The van der Waals surface area contributed by atoms with Gasteiger partial charge in [0, 0.05) is 18.1 Å². The van der Waals surface area contributed by atoms with Gasteiger partial charge in [-0.2, -0.15) is 5.26 Å². The highest BCUT2D eigenvalue weighted by Crippen LogP contribution is 2.46. The first kappa shape index (κ1) is 19.5. The normalized spacial score (nSPS) is 14.1. The molecule has 8 heteroatoms. The topological polar surface area (TPSA) is 92.5 Å². The van der Waals surface area contributed by atoms with E-state index < -0.39 is 18.4 Å². The van der Waals surface area contributed by atoms with Crippen molar-refractivity contribution in [3.05, 3.63) is 58.8 Å². The molecule has 2 aromatic rings. The molecule has 3 rings (SSSR count). The highest BCUT2D eigenvalue weighted by molar-refractivity contribution is 8.03. The number of Topliss-reactive ketones (excluding diaryl/α,β-unsaturated/α-hetero) is 1. The Morgan fingerprint density at radius 2 is 2.04 bits per heavy atom. The lowest BCUT2D eigenvalue weighted by molar-refractivity contribution is -0.118. The van der Waals surface area contributed by atoms with Crippen molar-refractivity contribution in [2.75, 3.05) is 25.2 Å². The summed E-state index contributed by atoms with van der Waals surface area (Å²) < 4.78 is 10.4. The van der Waals surface area contributed by atoms with Crippen LogP contribution in [0.1, 0.15) is 17.3 Å². The highest BCUT2D eigenvalue weighted by atomic mass is 32.2. The lowest BCUT2D eigenvalue weighted by Gasteiger charge is -2.14. The second-order valence-electron chi connectivity index (χ2n) is 5.71. The summed E-state index contributed by atoms with van der Waals surface area (Å²) in [5.41, 5.74) is 0.993. The van der Waals surface area contributed by atoms with Gasteiger partial charge in [0.2, 0.25) is 11.7 Å². The minimum Gasteiger partial charge on any atom is -0.477 e. The van der Waals surface area contributed by atoms with Crippen molar-refractivity contribution in [1.82, 2.24) is 4.98 Å². The second-order valence-corrected chi connectivity index (χ2v) is 6.74. The molecule has 0 radical (unpaired) electrons. The molecule has 1 aliphatic heterocycles. The molecule has 0 bridgehead atoms. The van der Waals surface area contributed by atoms with Crippen molar-refractivity contribution in [1.29, 1.82) is 5.26 Å². The highest BCUT2D eigenvalue weighted by Gasteiger charge is 2.28. The molecule has 0 spiro atoms. The van der Waals surface area contributed by atoms with Crippen molar-refractivity contribution in [3.63, 3.8) is 0 Å². The van der Waals surface area contributed by atoms with Crippen LogP contribution in [0.15, 0.2) is 58.1 Å². The molecule has 1 aliphatic rings. The number of benzene rings is 1. The molecular weight excluding hydrogens is 378 g/mol. The largest absolute Gasteiger partial charge is 0.477 e. The van der Waals surface area contributed by atoms with Gasteiger partial charge in [-0.05, 0) is 31.2 Å². The number of nitriles is 1. The lowest BCUT2D eigenvalue weighted by Crippen LogP contribution is -2.20. The Bertz CT molecular complexity index is 997. The van der Waals surface area contributed by atoms with Crippen LogP contribution >= 0.6 is 11.8 Å². The number of fused-ring (bicyclic) bond motifs is 1. The minimum absolute atomic E-state index is 0.0484. The first-order valence-corrected chi connectivity index (χ1v) is 9.31. The number of pyridine rings is 1. The van der Waals surface area contributed by atoms with Crippen molar-refractivity contribution in [3.8, 4) is 11.9 Å². The van der Waals surface area contributed by atoms with Gasteiger partial charge >= 0.3 is 5.97 Å². The van der Waals surface area contributed by atoms with Gasteiger partial charge in [0.05, 0.1) is 12.3 Å². The van der Waals surface area contributed by atoms with E-state index in [0.29, 0.717) is 11.6 Å². The van der Waals surface area contributed by atoms with Crippen LogP contribution in [-0.2, 0) is 9.53 Å². The maximum Gasteiger partial charge on any atom is 0.344 e. The number of hydrogen-bond acceptors (Lipinski definition) is 8. The maximum atomic E-state index is 12.6. The fourth-order valence-electron chi connectivity index (χ4n) is 2.63. The molecule has 0 aliphatic carbocycles. The number of hydrogen-bond donors (Lipinski definition) is 0. The SMILES string of the molecule is CCOc1ncccc1C(=O)OCC(=O)/C(C#N)=C1\Sc2ccccc2N1C. The summed E-state index contributed by atoms with van der Waals surface area (Å²) in [5, 5.41) is 10.0. The Balaban J connectivity index is 1.74. The molecule has 0 saturated carbocycles. The number of ketones is 1. The number of anilines is 1. The van der Waals surface area contributed by atoms with Gasteiger partial charge < -0.3 is 14.4 Å². The first-order valence-electron chi connectivity index (χ1n) is 8.50. The van der Waals surface area contributed by atoms with Crippen LogP contribution in [0.4, 0.5) is 5.69 Å². The lowest BCUT2D eigenvalue weighted by atomic mass is 10.2. The number of para-hydroxylation sites is 1. The molecule has 1 aromatic heterocycles. The van der Waals surface area contributed by atoms with E-state index in [4.69, 9.17) is 9.47 Å². The van der Waals surface area contributed by atoms with Crippen molar-refractivity contribution in [2.45, 2.75) is 11.8 Å². The molecule has 0 unspecified atom stereocenters. The summed E-state index contributed by atoms with van der Waals surface area (Å²) in [6, 6.07) is 12.6. The Kier molecular flexibility index (Phi) is 5.96. The van der Waals surface area contributed by atoms with Crippen LogP contribution in [0, 0.1) is 11.3 Å². The number of carbonyl (C=O) groups is 2. The molecule has 142 valence electrons. The molecule has 0 fully saturated rings. The number of thioether (sulfide) groups is 1. The summed E-state index contributed by atoms with van der Waals surface area (Å²) >= 11 is 1.34. The number of rotatable bonds is 6. The third kappa shape index (κ3) is 3.85. The van der Waals surface area contributed by atoms with Gasteiger partial charge in [-0.25, -0.2) is 9.78 Å². The van der Waals surface area contributed by atoms with Crippen LogP contribution in [0.2, 0.25) is 0 Å². The van der Waals surface area contributed by atoms with Crippen LogP contribution in [0.3, 0.4) is 0 Å². The molecular formula is C20H17N3O4S. The Hall–Kier alpha value is -3.31. The number of carbonyl (C=O) groups excluding carboxylic acids is 2. The Labute approximate surface area is 166 Å². The van der Waals surface area contributed by atoms with E-state index in [9.17, 15) is 14.9 Å². The quantitative estimate of drug-likeness (QED) is 0.418. The molecule has 7 nitrogen and oxygen atoms in total. The average Bonchev–Trinajstić information content (AvgIpc) is 3.04. The first-order chi connectivity index (χ1) is 13.6. The zero-order chi connectivity index (χ0) is 20.1. The monoisotopic (exact) mass is 395 g/mol. The summed E-state index contributed by atoms with van der Waals surface area (Å²) in [4.78, 5) is 31.6.